The largest absolute Gasteiger partial charge is 0.339 e. The van der Waals surface area contributed by atoms with Gasteiger partial charge in [-0.2, -0.15) is 10.2 Å². The Hall–Kier alpha value is -1.42. The summed E-state index contributed by atoms with van der Waals surface area (Å²) >= 11 is 0. The molecule has 1 heterocycles. The van der Waals surface area contributed by atoms with Crippen LogP contribution in [0, 0.1) is 17.2 Å². The zero-order valence-electron chi connectivity index (χ0n) is 10.0. The van der Waals surface area contributed by atoms with Gasteiger partial charge in [-0.25, -0.2) is 8.42 Å². The summed E-state index contributed by atoms with van der Waals surface area (Å²) in [6, 6.07) is 2.06. The molecule has 0 aromatic carbocycles. The predicted octanol–water partition coefficient (Wildman–Crippen LogP) is 1.27. The van der Waals surface area contributed by atoms with Crippen molar-refractivity contribution in [3.63, 3.8) is 0 Å². The molecule has 0 fully saturated rings. The molecule has 0 spiro atoms. The van der Waals surface area contributed by atoms with Crippen molar-refractivity contribution in [2.75, 3.05) is 6.26 Å². The van der Waals surface area contributed by atoms with Crippen LogP contribution in [0.15, 0.2) is 4.52 Å². The molecule has 7 heteroatoms. The smallest absolute Gasteiger partial charge is 0.226 e. The molecule has 0 radical (unpaired) electrons. The summed E-state index contributed by atoms with van der Waals surface area (Å²) in [6.07, 6.45) is 2.02. The van der Waals surface area contributed by atoms with E-state index in [4.69, 9.17) is 9.78 Å². The van der Waals surface area contributed by atoms with E-state index in [0.717, 1.165) is 6.26 Å². The summed E-state index contributed by atoms with van der Waals surface area (Å²) in [5, 5.41) is 11.4. The van der Waals surface area contributed by atoms with E-state index in [0.29, 0.717) is 18.7 Å². The first-order valence-electron chi connectivity index (χ1n) is 5.23. The Labute approximate surface area is 101 Å². The van der Waals surface area contributed by atoms with Gasteiger partial charge in [-0.1, -0.05) is 12.1 Å². The summed E-state index contributed by atoms with van der Waals surface area (Å²) in [7, 11) is -3.22. The van der Waals surface area contributed by atoms with E-state index in [9.17, 15) is 8.42 Å². The Bertz CT molecular complexity index is 515. The molecule has 0 bridgehead atoms. The molecule has 6 nitrogen and oxygen atoms in total. The Morgan fingerprint density at radius 2 is 2.12 bits per heavy atom. The lowest BCUT2D eigenvalue weighted by atomic mass is 10.1. The third-order valence-corrected chi connectivity index (χ3v) is 3.95. The van der Waals surface area contributed by atoms with E-state index in [2.05, 4.69) is 16.2 Å². The number of hydrogen-bond donors (Lipinski definition) is 0. The lowest BCUT2D eigenvalue weighted by Gasteiger charge is -2.02. The van der Waals surface area contributed by atoms with Crippen molar-refractivity contribution in [2.24, 2.45) is 5.92 Å². The van der Waals surface area contributed by atoms with Gasteiger partial charge >= 0.3 is 0 Å². The van der Waals surface area contributed by atoms with Gasteiger partial charge < -0.3 is 4.52 Å². The van der Waals surface area contributed by atoms with Crippen molar-refractivity contribution in [1.82, 2.24) is 10.1 Å². The fourth-order valence-corrected chi connectivity index (χ4v) is 1.71. The Morgan fingerprint density at radius 1 is 1.47 bits per heavy atom. The van der Waals surface area contributed by atoms with E-state index in [1.165, 1.54) is 6.92 Å². The lowest BCUT2D eigenvalue weighted by molar-refractivity contribution is 0.354. The second kappa shape index (κ2) is 5.27. The number of nitrogens with zero attached hydrogens (tertiary/aromatic N) is 3. The summed E-state index contributed by atoms with van der Waals surface area (Å²) < 4.78 is 27.6. The summed E-state index contributed by atoms with van der Waals surface area (Å²) in [4.78, 5) is 4.03. The van der Waals surface area contributed by atoms with Crippen LogP contribution in [0.5, 0.6) is 0 Å². The van der Waals surface area contributed by atoms with Crippen LogP contribution in [0.1, 0.15) is 37.2 Å². The molecule has 1 aromatic rings. The number of sulfone groups is 1. The van der Waals surface area contributed by atoms with Gasteiger partial charge in [0, 0.05) is 19.1 Å². The van der Waals surface area contributed by atoms with E-state index < -0.39 is 15.1 Å². The molecule has 2 unspecified atom stereocenters. The van der Waals surface area contributed by atoms with Crippen molar-refractivity contribution in [3.8, 4) is 6.07 Å². The van der Waals surface area contributed by atoms with Crippen LogP contribution in [-0.2, 0) is 16.3 Å². The first-order valence-corrected chi connectivity index (χ1v) is 7.18. The zero-order valence-corrected chi connectivity index (χ0v) is 10.9. The predicted molar refractivity (Wildman–Crippen MR) is 60.7 cm³/mol. The molecule has 0 aliphatic rings. The minimum Gasteiger partial charge on any atom is -0.339 e. The molecule has 1 aromatic heterocycles. The molecule has 0 aliphatic heterocycles. The van der Waals surface area contributed by atoms with Gasteiger partial charge in [-0.05, 0) is 12.8 Å². The molecule has 2 atom stereocenters. The summed E-state index contributed by atoms with van der Waals surface area (Å²) in [6.45, 7) is 3.41. The minimum absolute atomic E-state index is 0.113. The van der Waals surface area contributed by atoms with Gasteiger partial charge in [-0.15, -0.1) is 0 Å². The molecule has 17 heavy (non-hydrogen) atoms. The third-order valence-electron chi connectivity index (χ3n) is 2.45. The molecule has 0 aliphatic carbocycles. The molecule has 0 N–H and O–H groups in total. The van der Waals surface area contributed by atoms with E-state index in [1.807, 2.05) is 6.92 Å². The van der Waals surface area contributed by atoms with Crippen LogP contribution in [-0.4, -0.2) is 24.8 Å². The van der Waals surface area contributed by atoms with Crippen molar-refractivity contribution in [2.45, 2.75) is 31.9 Å². The summed E-state index contributed by atoms with van der Waals surface area (Å²) in [5.41, 5.74) is 0. The van der Waals surface area contributed by atoms with Gasteiger partial charge in [0.1, 0.15) is 5.25 Å². The average molecular weight is 257 g/mol. The fourth-order valence-electron chi connectivity index (χ4n) is 1.23. The molecule has 0 amide bonds. The topological polar surface area (TPSA) is 96.8 Å². The first-order chi connectivity index (χ1) is 7.84. The normalized spacial score (nSPS) is 15.2. The number of aromatic nitrogens is 2. The Kier molecular flexibility index (Phi) is 4.23. The quantitative estimate of drug-likeness (QED) is 0.787. The van der Waals surface area contributed by atoms with Crippen molar-refractivity contribution in [1.29, 1.82) is 5.26 Å². The number of rotatable bonds is 5. The van der Waals surface area contributed by atoms with Crippen LogP contribution in [0.3, 0.4) is 0 Å². The summed E-state index contributed by atoms with van der Waals surface area (Å²) in [5.74, 6) is 0.659. The first kappa shape index (κ1) is 13.6. The van der Waals surface area contributed by atoms with Gasteiger partial charge in [0.2, 0.25) is 5.89 Å². The number of hydrogen-bond acceptors (Lipinski definition) is 6. The lowest BCUT2D eigenvalue weighted by Crippen LogP contribution is -2.09. The van der Waals surface area contributed by atoms with Gasteiger partial charge in [0.25, 0.3) is 0 Å². The fraction of sp³-hybridized carbons (Fsp3) is 0.700. The Balaban J connectivity index is 2.76. The van der Waals surface area contributed by atoms with Gasteiger partial charge in [0.15, 0.2) is 15.7 Å². The molecule has 94 valence electrons. The zero-order chi connectivity index (χ0) is 13.1. The van der Waals surface area contributed by atoms with Gasteiger partial charge in [-0.3, -0.25) is 0 Å². The minimum atomic E-state index is -3.22. The molecular weight excluding hydrogens is 242 g/mol. The molecule has 0 saturated carbocycles. The van der Waals surface area contributed by atoms with Crippen LogP contribution >= 0.6 is 0 Å². The second-order valence-electron chi connectivity index (χ2n) is 4.19. The van der Waals surface area contributed by atoms with Crippen molar-refractivity contribution in [3.05, 3.63) is 11.7 Å². The number of nitriles is 1. The second-order valence-corrected chi connectivity index (χ2v) is 6.56. The highest BCUT2D eigenvalue weighted by Crippen LogP contribution is 2.18. The van der Waals surface area contributed by atoms with E-state index in [-0.39, 0.29) is 11.7 Å². The monoisotopic (exact) mass is 257 g/mol. The van der Waals surface area contributed by atoms with E-state index in [1.54, 1.807) is 0 Å². The standard InChI is InChI=1S/C10H15N3O3S/c1-7(4-5-11)6-9-12-10(13-16-9)8(2)17(3,14)15/h7-8H,4,6H2,1-3H3. The third kappa shape index (κ3) is 3.82. The SMILES string of the molecule is CC(CC#N)Cc1nc(C(C)S(C)(=O)=O)no1. The highest BCUT2D eigenvalue weighted by atomic mass is 32.2. The molecule has 1 rings (SSSR count). The van der Waals surface area contributed by atoms with E-state index >= 15 is 0 Å². The highest BCUT2D eigenvalue weighted by Gasteiger charge is 2.23. The molecular formula is C10H15N3O3S. The van der Waals surface area contributed by atoms with Crippen LogP contribution in [0.4, 0.5) is 0 Å². The van der Waals surface area contributed by atoms with Gasteiger partial charge in [0.05, 0.1) is 6.07 Å². The van der Waals surface area contributed by atoms with Crippen molar-refractivity contribution < 1.29 is 12.9 Å². The maximum atomic E-state index is 11.3. The maximum Gasteiger partial charge on any atom is 0.226 e. The van der Waals surface area contributed by atoms with Crippen LogP contribution < -0.4 is 0 Å². The average Bonchev–Trinajstić information content (AvgIpc) is 2.63. The van der Waals surface area contributed by atoms with Crippen molar-refractivity contribution >= 4 is 9.84 Å². The molecule has 0 saturated heterocycles. The highest BCUT2D eigenvalue weighted by molar-refractivity contribution is 7.90. The van der Waals surface area contributed by atoms with Crippen LogP contribution in [0.25, 0.3) is 0 Å². The maximum absolute atomic E-state index is 11.3. The van der Waals surface area contributed by atoms with Crippen LogP contribution in [0.2, 0.25) is 0 Å². The Morgan fingerprint density at radius 3 is 2.65 bits per heavy atom.